The van der Waals surface area contributed by atoms with E-state index in [-0.39, 0.29) is 12.0 Å². The first-order valence-electron chi connectivity index (χ1n) is 20.3. The van der Waals surface area contributed by atoms with Crippen molar-refractivity contribution in [3.05, 3.63) is 203 Å². The molecule has 1 N–H and O–H groups in total. The van der Waals surface area contributed by atoms with E-state index in [1.165, 1.54) is 60.2 Å². The topological polar surface area (TPSA) is 42.7 Å². The Balaban J connectivity index is 0.990. The van der Waals surface area contributed by atoms with Gasteiger partial charge in [-0.25, -0.2) is 9.97 Å². The number of nitrogens with zero attached hydrogens (tertiary/aromatic N) is 3. The Kier molecular flexibility index (Phi) is 8.28. The molecule has 11 rings (SSSR count). The molecular formula is C53H42N4. The summed E-state index contributed by atoms with van der Waals surface area (Å²) in [6, 6.07) is 43.9. The molecule has 3 unspecified atom stereocenters. The number of nitrogens with one attached hydrogen (secondary N) is 1. The molecule has 0 radical (unpaired) electrons. The van der Waals surface area contributed by atoms with Crippen molar-refractivity contribution in [2.75, 3.05) is 5.32 Å². The van der Waals surface area contributed by atoms with Gasteiger partial charge in [0.2, 0.25) is 0 Å². The molecule has 0 bridgehead atoms. The zero-order chi connectivity index (χ0) is 37.7. The molecule has 3 heterocycles. The Morgan fingerprint density at radius 1 is 0.632 bits per heavy atom. The minimum Gasteiger partial charge on any atom is -0.374 e. The largest absolute Gasteiger partial charge is 0.374 e. The lowest BCUT2D eigenvalue weighted by Crippen LogP contribution is -2.35. The molecular weight excluding hydrogens is 693 g/mol. The van der Waals surface area contributed by atoms with E-state index in [0.29, 0.717) is 5.92 Å². The van der Waals surface area contributed by atoms with Crippen molar-refractivity contribution in [1.82, 2.24) is 14.5 Å². The van der Waals surface area contributed by atoms with Crippen LogP contribution in [0, 0.1) is 5.92 Å². The van der Waals surface area contributed by atoms with Gasteiger partial charge in [0.25, 0.3) is 0 Å². The van der Waals surface area contributed by atoms with E-state index in [1.54, 1.807) is 0 Å². The maximum atomic E-state index is 5.35. The average molecular weight is 735 g/mol. The van der Waals surface area contributed by atoms with Crippen LogP contribution in [-0.4, -0.2) is 14.5 Å². The van der Waals surface area contributed by atoms with Crippen LogP contribution in [0.25, 0.3) is 62.0 Å². The predicted molar refractivity (Wildman–Crippen MR) is 237 cm³/mol. The Morgan fingerprint density at radius 2 is 1.40 bits per heavy atom. The fraction of sp³-hybridized carbons (Fsp3) is 0.132. The molecule has 4 heteroatoms. The predicted octanol–water partition coefficient (Wildman–Crippen LogP) is 11.4. The number of hydrogen-bond acceptors (Lipinski definition) is 3. The van der Waals surface area contributed by atoms with Gasteiger partial charge in [0.15, 0.2) is 0 Å². The van der Waals surface area contributed by atoms with Crippen LogP contribution < -0.4 is 15.8 Å². The maximum absolute atomic E-state index is 5.35. The monoisotopic (exact) mass is 734 g/mol. The summed E-state index contributed by atoms with van der Waals surface area (Å²) in [4.78, 5) is 10.6. The molecule has 0 saturated carbocycles. The van der Waals surface area contributed by atoms with E-state index in [0.717, 1.165) is 54.1 Å². The number of hydrogen-bond donors (Lipinski definition) is 1. The molecule has 5 aromatic carbocycles. The lowest BCUT2D eigenvalue weighted by atomic mass is 9.80. The molecule has 0 amide bonds. The van der Waals surface area contributed by atoms with Crippen LogP contribution in [0.5, 0.6) is 0 Å². The first kappa shape index (κ1) is 33.5. The quantitative estimate of drug-likeness (QED) is 0.185. The number of aromatic nitrogens is 3. The number of anilines is 1. The van der Waals surface area contributed by atoms with Gasteiger partial charge in [0.05, 0.1) is 28.5 Å². The summed E-state index contributed by atoms with van der Waals surface area (Å²) in [6.45, 7) is 0. The number of benzene rings is 5. The zero-order valence-electron chi connectivity index (χ0n) is 31.7. The molecule has 0 spiro atoms. The van der Waals surface area contributed by atoms with Crippen molar-refractivity contribution < 1.29 is 0 Å². The van der Waals surface area contributed by atoms with Gasteiger partial charge in [-0.1, -0.05) is 146 Å². The Morgan fingerprint density at radius 3 is 2.16 bits per heavy atom. The Hall–Kier alpha value is -6.78. The van der Waals surface area contributed by atoms with Crippen molar-refractivity contribution in [2.45, 2.75) is 37.6 Å². The summed E-state index contributed by atoms with van der Waals surface area (Å²) in [6.07, 6.45) is 27.1. The van der Waals surface area contributed by atoms with E-state index in [9.17, 15) is 0 Å². The van der Waals surface area contributed by atoms with Gasteiger partial charge >= 0.3 is 0 Å². The Labute approximate surface area is 333 Å². The van der Waals surface area contributed by atoms with Crippen molar-refractivity contribution >= 4 is 50.8 Å². The van der Waals surface area contributed by atoms with Crippen LogP contribution >= 0.6 is 0 Å². The zero-order valence-corrected chi connectivity index (χ0v) is 31.7. The summed E-state index contributed by atoms with van der Waals surface area (Å²) in [5, 5.41) is 8.97. The van der Waals surface area contributed by atoms with E-state index in [1.807, 2.05) is 0 Å². The van der Waals surface area contributed by atoms with Gasteiger partial charge in [-0.05, 0) is 89.2 Å². The second kappa shape index (κ2) is 14.1. The molecule has 0 saturated heterocycles. The molecule has 4 nitrogen and oxygen atoms in total. The maximum Gasteiger partial charge on any atom is 0.136 e. The van der Waals surface area contributed by atoms with E-state index in [2.05, 4.69) is 192 Å². The third-order valence-corrected chi connectivity index (χ3v) is 12.1. The molecule has 4 aliphatic rings. The molecule has 3 aliphatic carbocycles. The van der Waals surface area contributed by atoms with Gasteiger partial charge in [-0.15, -0.1) is 0 Å². The molecule has 57 heavy (non-hydrogen) atoms. The highest BCUT2D eigenvalue weighted by molar-refractivity contribution is 6.09. The third kappa shape index (κ3) is 6.00. The van der Waals surface area contributed by atoms with Crippen LogP contribution in [0.15, 0.2) is 170 Å². The second-order valence-electron chi connectivity index (χ2n) is 15.6. The van der Waals surface area contributed by atoms with Crippen molar-refractivity contribution in [3.8, 4) is 16.9 Å². The lowest BCUT2D eigenvalue weighted by Gasteiger charge is -2.31. The van der Waals surface area contributed by atoms with Crippen molar-refractivity contribution in [1.29, 1.82) is 0 Å². The van der Waals surface area contributed by atoms with Gasteiger partial charge in [0.1, 0.15) is 5.82 Å². The van der Waals surface area contributed by atoms with Crippen LogP contribution in [0.2, 0.25) is 0 Å². The van der Waals surface area contributed by atoms with Gasteiger partial charge < -0.3 is 9.88 Å². The first-order chi connectivity index (χ1) is 28.2. The minimum atomic E-state index is 0.0536. The van der Waals surface area contributed by atoms with Gasteiger partial charge in [-0.2, -0.15) is 0 Å². The van der Waals surface area contributed by atoms with E-state index < -0.39 is 0 Å². The summed E-state index contributed by atoms with van der Waals surface area (Å²) in [5.41, 5.74) is 13.0. The SMILES string of the molecule is C1=CCC(C2=CC(c3ccccc3)Nc3ccc4c(c32)=CCC(c2nc(C3=CCCC=C3)cc(-c3ccc(-n5c6ccccc6c6ccccc65)cc3)n2)C=4)C=C1. The van der Waals surface area contributed by atoms with Gasteiger partial charge in [-0.3, -0.25) is 0 Å². The molecule has 7 aromatic rings. The average Bonchev–Trinajstić information content (AvgIpc) is 3.63. The fourth-order valence-corrected chi connectivity index (χ4v) is 9.29. The first-order valence-corrected chi connectivity index (χ1v) is 20.3. The summed E-state index contributed by atoms with van der Waals surface area (Å²) >= 11 is 0. The van der Waals surface area contributed by atoms with Crippen LogP contribution in [0.3, 0.4) is 0 Å². The van der Waals surface area contributed by atoms with Crippen molar-refractivity contribution in [2.24, 2.45) is 5.92 Å². The van der Waals surface area contributed by atoms with E-state index in [4.69, 9.17) is 9.97 Å². The number of fused-ring (bicyclic) bond motifs is 6. The molecule has 2 aromatic heterocycles. The summed E-state index contributed by atoms with van der Waals surface area (Å²) in [5.74, 6) is 1.25. The minimum absolute atomic E-state index is 0.0536. The summed E-state index contributed by atoms with van der Waals surface area (Å²) in [7, 11) is 0. The van der Waals surface area contributed by atoms with Crippen molar-refractivity contribution in [3.63, 3.8) is 0 Å². The third-order valence-electron chi connectivity index (χ3n) is 12.1. The van der Waals surface area contributed by atoms with Crippen LogP contribution in [0.1, 0.15) is 60.3 Å². The molecule has 1 aliphatic heterocycles. The van der Waals surface area contributed by atoms with Gasteiger partial charge in [0, 0.05) is 45.1 Å². The van der Waals surface area contributed by atoms with E-state index >= 15 is 0 Å². The second-order valence-corrected chi connectivity index (χ2v) is 15.6. The smallest absolute Gasteiger partial charge is 0.136 e. The summed E-state index contributed by atoms with van der Waals surface area (Å²) < 4.78 is 2.37. The Bertz CT molecular complexity index is 2940. The highest BCUT2D eigenvalue weighted by Gasteiger charge is 2.27. The normalized spacial score (nSPS) is 19.5. The highest BCUT2D eigenvalue weighted by Crippen LogP contribution is 2.40. The molecule has 0 fully saturated rings. The van der Waals surface area contributed by atoms with Crippen LogP contribution in [-0.2, 0) is 0 Å². The number of allylic oxidation sites excluding steroid dienone is 9. The number of rotatable bonds is 6. The number of para-hydroxylation sites is 2. The molecule has 274 valence electrons. The lowest BCUT2D eigenvalue weighted by molar-refractivity contribution is 0.810. The highest BCUT2D eigenvalue weighted by atomic mass is 15.0. The molecule has 3 atom stereocenters. The van der Waals surface area contributed by atoms with Crippen LogP contribution in [0.4, 0.5) is 5.69 Å². The standard InChI is InChI=1S/C53H42N4/c1-4-14-35(15-5-1)45-33-47(36-16-6-2-7-17-36)54-46-31-27-39-32-40(26-30-42(39)52(45)46)53-55-48(37-18-8-3-9-19-37)34-49(56-53)38-24-28-41(29-25-38)57-50-22-12-10-20-43(50)44-21-11-13-23-51(44)57/h1-2,4-8,10-14,16-25,27-35,40,47,54H,3,9,15,26H2. The fourth-order valence-electron chi connectivity index (χ4n) is 9.29.